The number of nitrogens with one attached hydrogen (secondary N) is 2. The topological polar surface area (TPSA) is 46.2 Å². The highest BCUT2D eigenvalue weighted by molar-refractivity contribution is 7.99. The summed E-state index contributed by atoms with van der Waals surface area (Å²) in [6.45, 7) is 6.20. The summed E-state index contributed by atoms with van der Waals surface area (Å²) in [6.07, 6.45) is 1.88. The Morgan fingerprint density at radius 2 is 1.95 bits per heavy atom. The molecule has 1 unspecified atom stereocenters. The fraction of sp³-hybridized carbons (Fsp3) is 0.353. The number of aryl methyl sites for hydroxylation is 2. The van der Waals surface area contributed by atoms with Crippen LogP contribution >= 0.6 is 11.8 Å². The van der Waals surface area contributed by atoms with Crippen LogP contribution in [0.2, 0.25) is 0 Å². The maximum absolute atomic E-state index is 5.47. The zero-order chi connectivity index (χ0) is 15.7. The van der Waals surface area contributed by atoms with Gasteiger partial charge in [0.15, 0.2) is 0 Å². The van der Waals surface area contributed by atoms with Crippen molar-refractivity contribution in [2.75, 3.05) is 17.7 Å². The predicted octanol–water partition coefficient (Wildman–Crippen LogP) is 4.07. The average Bonchev–Trinajstić information content (AvgIpc) is 2.89. The van der Waals surface area contributed by atoms with Gasteiger partial charge in [-0.2, -0.15) is 0 Å². The minimum absolute atomic E-state index is 0.172. The summed E-state index contributed by atoms with van der Waals surface area (Å²) in [5.41, 5.74) is 7.04. The maximum atomic E-state index is 5.47. The van der Waals surface area contributed by atoms with Gasteiger partial charge in [0.25, 0.3) is 0 Å². The lowest BCUT2D eigenvalue weighted by Gasteiger charge is -2.15. The molecule has 0 bridgehead atoms. The molecule has 0 aliphatic carbocycles. The molecule has 1 aliphatic heterocycles. The van der Waals surface area contributed by atoms with E-state index >= 15 is 0 Å². The normalized spacial score (nSPS) is 15.9. The molecular formula is C17H21N3OS. The fourth-order valence-electron chi connectivity index (χ4n) is 2.68. The largest absolute Gasteiger partial charge is 0.496 e. The third-order valence-electron chi connectivity index (χ3n) is 3.88. The summed E-state index contributed by atoms with van der Waals surface area (Å²) in [6, 6.07) is 6.41. The van der Waals surface area contributed by atoms with E-state index in [-0.39, 0.29) is 5.50 Å². The first-order valence-corrected chi connectivity index (χ1v) is 8.37. The summed E-state index contributed by atoms with van der Waals surface area (Å²) in [5.74, 6) is 1.77. The summed E-state index contributed by atoms with van der Waals surface area (Å²) in [5, 5.41) is 6.98. The smallest absolute Gasteiger partial charge is 0.146 e. The monoisotopic (exact) mass is 315 g/mol. The molecule has 2 heterocycles. The Kier molecular flexibility index (Phi) is 4.16. The van der Waals surface area contributed by atoms with Crippen LogP contribution in [0.25, 0.3) is 0 Å². The molecule has 1 atom stereocenters. The van der Waals surface area contributed by atoms with E-state index in [4.69, 9.17) is 4.74 Å². The lowest BCUT2D eigenvalue weighted by Crippen LogP contribution is -2.17. The van der Waals surface area contributed by atoms with Gasteiger partial charge in [0.2, 0.25) is 0 Å². The van der Waals surface area contributed by atoms with Crippen molar-refractivity contribution in [2.24, 2.45) is 0 Å². The highest BCUT2D eigenvalue weighted by Gasteiger charge is 2.20. The van der Waals surface area contributed by atoms with Crippen molar-refractivity contribution in [2.45, 2.75) is 32.0 Å². The van der Waals surface area contributed by atoms with Gasteiger partial charge in [-0.15, -0.1) is 11.8 Å². The zero-order valence-electron chi connectivity index (χ0n) is 13.4. The summed E-state index contributed by atoms with van der Waals surface area (Å²) < 4.78 is 5.47. The van der Waals surface area contributed by atoms with E-state index in [0.717, 1.165) is 34.0 Å². The molecule has 4 nitrogen and oxygen atoms in total. The lowest BCUT2D eigenvalue weighted by atomic mass is 10.1. The number of methoxy groups -OCH3 is 1. The third kappa shape index (κ3) is 2.86. The third-order valence-corrected chi connectivity index (χ3v) is 4.89. The van der Waals surface area contributed by atoms with Gasteiger partial charge < -0.3 is 15.4 Å². The van der Waals surface area contributed by atoms with Crippen molar-refractivity contribution in [3.63, 3.8) is 0 Å². The minimum atomic E-state index is 0.172. The molecule has 0 radical (unpaired) electrons. The second kappa shape index (κ2) is 6.08. The van der Waals surface area contributed by atoms with Crippen LogP contribution in [0.4, 0.5) is 11.4 Å². The molecule has 0 fully saturated rings. The molecule has 22 heavy (non-hydrogen) atoms. The van der Waals surface area contributed by atoms with Gasteiger partial charge in [-0.25, -0.2) is 0 Å². The van der Waals surface area contributed by atoms with E-state index in [0.29, 0.717) is 0 Å². The quantitative estimate of drug-likeness (QED) is 0.890. The number of fused-ring (bicyclic) bond motifs is 1. The van der Waals surface area contributed by atoms with Crippen molar-refractivity contribution >= 4 is 23.1 Å². The Labute approximate surface area is 135 Å². The highest BCUT2D eigenvalue weighted by Crippen LogP contribution is 2.35. The van der Waals surface area contributed by atoms with Crippen LogP contribution < -0.4 is 15.4 Å². The SMILES string of the molecule is COc1c(C)cnc(CSC2Nc3ccc(C)cc3N2)c1C. The van der Waals surface area contributed by atoms with Gasteiger partial charge in [0.1, 0.15) is 11.2 Å². The molecule has 0 saturated carbocycles. The Balaban J connectivity index is 1.67. The number of ether oxygens (including phenoxy) is 1. The number of benzene rings is 1. The number of rotatable bonds is 4. The van der Waals surface area contributed by atoms with E-state index < -0.39 is 0 Å². The molecule has 0 saturated heterocycles. The van der Waals surface area contributed by atoms with E-state index in [1.54, 1.807) is 18.9 Å². The van der Waals surface area contributed by atoms with Crippen molar-refractivity contribution in [1.29, 1.82) is 0 Å². The average molecular weight is 315 g/mol. The van der Waals surface area contributed by atoms with Gasteiger partial charge in [-0.3, -0.25) is 4.98 Å². The van der Waals surface area contributed by atoms with Crippen LogP contribution in [-0.2, 0) is 5.75 Å². The van der Waals surface area contributed by atoms with Gasteiger partial charge in [0.05, 0.1) is 24.2 Å². The van der Waals surface area contributed by atoms with E-state index in [1.165, 1.54) is 11.3 Å². The zero-order valence-corrected chi connectivity index (χ0v) is 14.2. The lowest BCUT2D eigenvalue weighted by molar-refractivity contribution is 0.407. The molecule has 3 rings (SSSR count). The van der Waals surface area contributed by atoms with Crippen LogP contribution in [0.3, 0.4) is 0 Å². The van der Waals surface area contributed by atoms with Crippen molar-refractivity contribution in [3.05, 3.63) is 46.8 Å². The highest BCUT2D eigenvalue weighted by atomic mass is 32.2. The van der Waals surface area contributed by atoms with Gasteiger partial charge in [0, 0.05) is 23.1 Å². The number of hydrogen-bond donors (Lipinski definition) is 2. The van der Waals surface area contributed by atoms with Crippen LogP contribution in [0.1, 0.15) is 22.4 Å². The second-order valence-corrected chi connectivity index (χ2v) is 6.67. The molecule has 2 N–H and O–H groups in total. The minimum Gasteiger partial charge on any atom is -0.496 e. The standard InChI is InChI=1S/C17H21N3OS/c1-10-5-6-13-14(7-10)20-17(19-13)22-9-15-12(3)16(21-4)11(2)8-18-15/h5-8,17,19-20H,9H2,1-4H3. The molecule has 0 spiro atoms. The van der Waals surface area contributed by atoms with Crippen LogP contribution in [0.15, 0.2) is 24.4 Å². The van der Waals surface area contributed by atoms with Crippen LogP contribution in [0.5, 0.6) is 5.75 Å². The predicted molar refractivity (Wildman–Crippen MR) is 93.8 cm³/mol. The van der Waals surface area contributed by atoms with Crippen molar-refractivity contribution in [1.82, 2.24) is 4.98 Å². The maximum Gasteiger partial charge on any atom is 0.146 e. The first-order valence-electron chi connectivity index (χ1n) is 7.33. The first kappa shape index (κ1) is 15.0. The Morgan fingerprint density at radius 3 is 2.73 bits per heavy atom. The number of anilines is 2. The van der Waals surface area contributed by atoms with Crippen molar-refractivity contribution in [3.8, 4) is 5.75 Å². The summed E-state index contributed by atoms with van der Waals surface area (Å²) in [7, 11) is 1.71. The molecule has 2 aromatic rings. The van der Waals surface area contributed by atoms with Gasteiger partial charge >= 0.3 is 0 Å². The fourth-order valence-corrected chi connectivity index (χ4v) is 3.72. The molecule has 0 amide bonds. The second-order valence-electron chi connectivity index (χ2n) is 5.57. The molecular weight excluding hydrogens is 294 g/mol. The van der Waals surface area contributed by atoms with Gasteiger partial charge in [-0.1, -0.05) is 6.07 Å². The Bertz CT molecular complexity index is 703. The molecule has 1 aromatic carbocycles. The van der Waals surface area contributed by atoms with E-state index in [2.05, 4.69) is 47.7 Å². The van der Waals surface area contributed by atoms with Crippen LogP contribution in [0, 0.1) is 20.8 Å². The summed E-state index contributed by atoms with van der Waals surface area (Å²) >= 11 is 1.80. The number of pyridine rings is 1. The molecule has 116 valence electrons. The van der Waals surface area contributed by atoms with E-state index in [1.807, 2.05) is 13.1 Å². The van der Waals surface area contributed by atoms with Crippen LogP contribution in [-0.4, -0.2) is 17.6 Å². The van der Waals surface area contributed by atoms with Crippen molar-refractivity contribution < 1.29 is 4.74 Å². The Hall–Kier alpha value is -1.88. The molecule has 1 aromatic heterocycles. The molecule has 5 heteroatoms. The first-order chi connectivity index (χ1) is 10.6. The summed E-state index contributed by atoms with van der Waals surface area (Å²) in [4.78, 5) is 4.55. The Morgan fingerprint density at radius 1 is 1.18 bits per heavy atom. The molecule has 1 aliphatic rings. The van der Waals surface area contributed by atoms with E-state index in [9.17, 15) is 0 Å². The number of hydrogen-bond acceptors (Lipinski definition) is 5. The number of nitrogens with zero attached hydrogens (tertiary/aromatic N) is 1. The number of thioether (sulfide) groups is 1. The number of aromatic nitrogens is 1. The van der Waals surface area contributed by atoms with Gasteiger partial charge in [-0.05, 0) is 38.5 Å².